The van der Waals surface area contributed by atoms with Crippen molar-refractivity contribution in [3.63, 3.8) is 0 Å². The highest BCUT2D eigenvalue weighted by Crippen LogP contribution is 2.38. The van der Waals surface area contributed by atoms with Gasteiger partial charge in [0.25, 0.3) is 10.0 Å². The van der Waals surface area contributed by atoms with Crippen LogP contribution in [-0.2, 0) is 19.6 Å². The second-order valence-corrected chi connectivity index (χ2v) is 10.9. The summed E-state index contributed by atoms with van der Waals surface area (Å²) >= 11 is 0. The Bertz CT molecular complexity index is 1420. The maximum atomic E-state index is 14.1. The van der Waals surface area contributed by atoms with Gasteiger partial charge < -0.3 is 10.6 Å². The van der Waals surface area contributed by atoms with Gasteiger partial charge in [0.1, 0.15) is 6.04 Å². The number of sulfonamides is 1. The Morgan fingerprint density at radius 3 is 2.23 bits per heavy atom. The van der Waals surface area contributed by atoms with E-state index in [0.717, 1.165) is 21.0 Å². The number of hydrogen-bond acceptors (Lipinski definition) is 4. The number of benzene rings is 3. The first-order valence-corrected chi connectivity index (χ1v) is 12.8. The molecule has 3 aromatic rings. The highest BCUT2D eigenvalue weighted by molar-refractivity contribution is 7.93. The minimum absolute atomic E-state index is 0.146. The van der Waals surface area contributed by atoms with Crippen molar-refractivity contribution in [2.24, 2.45) is 0 Å². The quantitative estimate of drug-likeness (QED) is 0.537. The number of hydrogen-bond donors (Lipinski definition) is 2. The topological polar surface area (TPSA) is 95.6 Å². The van der Waals surface area contributed by atoms with E-state index in [2.05, 4.69) is 10.6 Å². The molecule has 8 heteroatoms. The van der Waals surface area contributed by atoms with Crippen molar-refractivity contribution in [2.75, 3.05) is 14.9 Å². The van der Waals surface area contributed by atoms with E-state index in [1.54, 1.807) is 56.3 Å². The molecule has 0 spiro atoms. The molecule has 4 rings (SSSR count). The Morgan fingerprint density at radius 1 is 0.914 bits per heavy atom. The molecule has 1 aliphatic rings. The van der Waals surface area contributed by atoms with E-state index < -0.39 is 27.9 Å². The van der Waals surface area contributed by atoms with Gasteiger partial charge in [-0.2, -0.15) is 0 Å². The first-order chi connectivity index (χ1) is 16.5. The molecule has 7 nitrogen and oxygen atoms in total. The number of anilines is 3. The van der Waals surface area contributed by atoms with E-state index in [0.29, 0.717) is 28.2 Å². The minimum Gasteiger partial charge on any atom is -0.326 e. The average Bonchev–Trinajstić information content (AvgIpc) is 2.75. The molecule has 1 atom stereocenters. The van der Waals surface area contributed by atoms with Crippen LogP contribution in [-0.4, -0.2) is 26.3 Å². The average molecular weight is 492 g/mol. The maximum Gasteiger partial charge on any atom is 0.265 e. The molecule has 0 aromatic heterocycles. The lowest BCUT2D eigenvalue weighted by atomic mass is 10.1. The number of amides is 2. The van der Waals surface area contributed by atoms with Gasteiger partial charge in [-0.3, -0.25) is 13.9 Å². The van der Waals surface area contributed by atoms with Gasteiger partial charge in [0.05, 0.1) is 22.7 Å². The number of nitrogens with one attached hydrogen (secondary N) is 2. The van der Waals surface area contributed by atoms with Crippen LogP contribution in [0.3, 0.4) is 0 Å². The normalized spacial score (nSPS) is 15.4. The molecular weight excluding hydrogens is 462 g/mol. The van der Waals surface area contributed by atoms with Crippen LogP contribution in [0.1, 0.15) is 34.2 Å². The molecule has 2 N–H and O–H groups in total. The summed E-state index contributed by atoms with van der Waals surface area (Å²) in [4.78, 5) is 26.3. The van der Waals surface area contributed by atoms with Crippen molar-refractivity contribution in [1.82, 2.24) is 0 Å². The lowest BCUT2D eigenvalue weighted by Crippen LogP contribution is -2.52. The fourth-order valence-electron chi connectivity index (χ4n) is 4.61. The molecule has 1 heterocycles. The second-order valence-electron chi connectivity index (χ2n) is 9.10. The zero-order valence-corrected chi connectivity index (χ0v) is 21.3. The van der Waals surface area contributed by atoms with Gasteiger partial charge in [0, 0.05) is 5.69 Å². The highest BCUT2D eigenvalue weighted by Gasteiger charge is 2.43. The van der Waals surface area contributed by atoms with E-state index in [1.807, 2.05) is 32.9 Å². The molecule has 2 amide bonds. The van der Waals surface area contributed by atoms with E-state index in [4.69, 9.17) is 0 Å². The van der Waals surface area contributed by atoms with Gasteiger partial charge in [-0.25, -0.2) is 8.42 Å². The number of rotatable bonds is 5. The Kier molecular flexibility index (Phi) is 6.42. The third-order valence-electron chi connectivity index (χ3n) is 6.28. The van der Waals surface area contributed by atoms with E-state index in [9.17, 15) is 18.0 Å². The molecule has 182 valence electrons. The first-order valence-electron chi connectivity index (χ1n) is 11.4. The fraction of sp³-hybridized carbons (Fsp3) is 0.259. The van der Waals surface area contributed by atoms with Crippen molar-refractivity contribution in [1.29, 1.82) is 0 Å². The predicted octanol–water partition coefficient (Wildman–Crippen LogP) is 4.77. The number of para-hydroxylation sites is 2. The fourth-order valence-corrected chi connectivity index (χ4v) is 6.67. The molecule has 3 aromatic carbocycles. The van der Waals surface area contributed by atoms with Crippen molar-refractivity contribution in [3.8, 4) is 0 Å². The number of carbonyl (C=O) groups excluding carboxylic acids is 2. The summed E-state index contributed by atoms with van der Waals surface area (Å²) in [5.41, 5.74) is 5.53. The van der Waals surface area contributed by atoms with E-state index in [-0.39, 0.29) is 11.3 Å². The molecule has 0 bridgehead atoms. The van der Waals surface area contributed by atoms with Crippen LogP contribution in [0.25, 0.3) is 0 Å². The molecule has 0 fully saturated rings. The number of carbonyl (C=O) groups is 2. The lowest BCUT2D eigenvalue weighted by Gasteiger charge is -2.37. The van der Waals surface area contributed by atoms with Crippen LogP contribution in [0.2, 0.25) is 0 Å². The van der Waals surface area contributed by atoms with Crippen LogP contribution >= 0.6 is 0 Å². The largest absolute Gasteiger partial charge is 0.326 e. The predicted molar refractivity (Wildman–Crippen MR) is 138 cm³/mol. The van der Waals surface area contributed by atoms with Crippen LogP contribution in [0.5, 0.6) is 0 Å². The van der Waals surface area contributed by atoms with Crippen LogP contribution in [0, 0.1) is 34.6 Å². The van der Waals surface area contributed by atoms with E-state index >= 15 is 0 Å². The molecular formula is C27H29N3O4S. The minimum atomic E-state index is -4.17. The van der Waals surface area contributed by atoms with Crippen LogP contribution < -0.4 is 14.9 Å². The second kappa shape index (κ2) is 9.19. The Labute approximate surface area is 206 Å². The number of nitrogens with zero attached hydrogens (tertiary/aromatic N) is 1. The smallest absolute Gasteiger partial charge is 0.265 e. The molecule has 1 aliphatic heterocycles. The van der Waals surface area contributed by atoms with Crippen molar-refractivity contribution >= 4 is 38.9 Å². The first kappa shape index (κ1) is 24.5. The molecule has 0 radical (unpaired) electrons. The summed E-state index contributed by atoms with van der Waals surface area (Å²) in [5.74, 6) is -1.00. The number of aryl methyl sites for hydroxylation is 5. The Balaban J connectivity index is 1.76. The number of fused-ring (bicyclic) bond motifs is 1. The zero-order chi connectivity index (χ0) is 25.5. The SMILES string of the molecule is Cc1cc(C)c(S(=O)(=O)N2c3ccccc3NC(=O)C2CC(=O)Nc2ccc(C)c(C)c2)c(C)c1. The van der Waals surface area contributed by atoms with Gasteiger partial charge in [-0.05, 0) is 81.1 Å². The third-order valence-corrected chi connectivity index (χ3v) is 8.40. The van der Waals surface area contributed by atoms with Crippen LogP contribution in [0.15, 0.2) is 59.5 Å². The van der Waals surface area contributed by atoms with Crippen molar-refractivity contribution in [2.45, 2.75) is 52.0 Å². The summed E-state index contributed by atoms with van der Waals surface area (Å²) in [7, 11) is -4.17. The zero-order valence-electron chi connectivity index (χ0n) is 20.5. The van der Waals surface area contributed by atoms with Gasteiger partial charge in [0.2, 0.25) is 11.8 Å². The summed E-state index contributed by atoms with van der Waals surface area (Å²) in [6.45, 7) is 9.30. The standard InChI is InChI=1S/C27H29N3O4S/c1-16-12-19(4)26(20(5)13-16)35(33,34)30-23-9-7-6-8-22(23)29-27(32)24(30)15-25(31)28-21-11-10-17(2)18(3)14-21/h6-14,24H,15H2,1-5H3,(H,28,31)(H,29,32). The van der Waals surface area contributed by atoms with Gasteiger partial charge in [0.15, 0.2) is 0 Å². The highest BCUT2D eigenvalue weighted by atomic mass is 32.2. The molecule has 0 saturated heterocycles. The maximum absolute atomic E-state index is 14.1. The summed E-state index contributed by atoms with van der Waals surface area (Å²) in [5, 5.41) is 5.57. The van der Waals surface area contributed by atoms with Crippen LogP contribution in [0.4, 0.5) is 17.1 Å². The summed E-state index contributed by atoms with van der Waals surface area (Å²) < 4.78 is 29.3. The molecule has 0 saturated carbocycles. The molecule has 1 unspecified atom stereocenters. The lowest BCUT2D eigenvalue weighted by molar-refractivity contribution is -0.122. The van der Waals surface area contributed by atoms with E-state index in [1.165, 1.54) is 0 Å². The van der Waals surface area contributed by atoms with Crippen molar-refractivity contribution < 1.29 is 18.0 Å². The van der Waals surface area contributed by atoms with Gasteiger partial charge in [-0.15, -0.1) is 0 Å². The third kappa shape index (κ3) is 4.66. The summed E-state index contributed by atoms with van der Waals surface area (Å²) in [6.07, 6.45) is -0.337. The summed E-state index contributed by atoms with van der Waals surface area (Å²) in [6, 6.07) is 14.6. The monoisotopic (exact) mass is 491 g/mol. The van der Waals surface area contributed by atoms with Crippen molar-refractivity contribution in [3.05, 3.63) is 82.4 Å². The molecule has 0 aliphatic carbocycles. The van der Waals surface area contributed by atoms with Gasteiger partial charge in [-0.1, -0.05) is 35.9 Å². The molecule has 35 heavy (non-hydrogen) atoms. The Morgan fingerprint density at radius 2 is 1.57 bits per heavy atom. The Hall–Kier alpha value is -3.65. The van der Waals surface area contributed by atoms with Gasteiger partial charge >= 0.3 is 0 Å².